The molecule has 0 fully saturated rings. The van der Waals surface area contributed by atoms with Crippen LogP contribution >= 0.6 is 12.4 Å². The van der Waals surface area contributed by atoms with Crippen molar-refractivity contribution in [1.29, 1.82) is 0 Å². The summed E-state index contributed by atoms with van der Waals surface area (Å²) in [6.45, 7) is 2.51. The maximum absolute atomic E-state index is 11.3. The number of amides is 1. The van der Waals surface area contributed by atoms with Crippen molar-refractivity contribution < 1.29 is 4.79 Å². The highest BCUT2D eigenvalue weighted by molar-refractivity contribution is 5.85. The number of carbonyl (C=O) groups excluding carboxylic acids is 1. The molecule has 1 aromatic carbocycles. The Kier molecular flexibility index (Phi) is 7.60. The number of hydrogen-bond acceptors (Lipinski definition) is 2. The molecular formula is C12H19ClN2O. The molecule has 3 nitrogen and oxygen atoms in total. The van der Waals surface area contributed by atoms with Gasteiger partial charge in [0, 0.05) is 19.0 Å². The average molecular weight is 243 g/mol. The molecule has 0 aliphatic carbocycles. The van der Waals surface area contributed by atoms with Gasteiger partial charge < -0.3 is 11.1 Å². The Morgan fingerprint density at radius 3 is 2.56 bits per heavy atom. The summed E-state index contributed by atoms with van der Waals surface area (Å²) < 4.78 is 0. The van der Waals surface area contributed by atoms with Crippen LogP contribution in [0.3, 0.4) is 0 Å². The first-order chi connectivity index (χ1) is 7.18. The SMILES string of the molecule is CC(N)CC(=O)NCCc1ccccc1.Cl. The second kappa shape index (κ2) is 8.13. The van der Waals surface area contributed by atoms with E-state index < -0.39 is 0 Å². The van der Waals surface area contributed by atoms with Crippen LogP contribution in [0.25, 0.3) is 0 Å². The zero-order valence-electron chi connectivity index (χ0n) is 9.48. The van der Waals surface area contributed by atoms with E-state index >= 15 is 0 Å². The molecule has 0 aromatic heterocycles. The fourth-order valence-corrected chi connectivity index (χ4v) is 1.36. The zero-order chi connectivity index (χ0) is 11.1. The molecule has 0 heterocycles. The van der Waals surface area contributed by atoms with Gasteiger partial charge in [-0.1, -0.05) is 30.3 Å². The van der Waals surface area contributed by atoms with Crippen molar-refractivity contribution in [2.45, 2.75) is 25.8 Å². The smallest absolute Gasteiger partial charge is 0.221 e. The molecule has 4 heteroatoms. The van der Waals surface area contributed by atoms with Crippen LogP contribution in [0.1, 0.15) is 18.9 Å². The maximum atomic E-state index is 11.3. The highest BCUT2D eigenvalue weighted by Crippen LogP contribution is 1.98. The van der Waals surface area contributed by atoms with Crippen LogP contribution in [0.5, 0.6) is 0 Å². The Balaban J connectivity index is 0.00000225. The molecule has 1 amide bonds. The first-order valence-corrected chi connectivity index (χ1v) is 5.24. The molecular weight excluding hydrogens is 224 g/mol. The lowest BCUT2D eigenvalue weighted by Crippen LogP contribution is -2.31. The Bertz CT molecular complexity index is 301. The van der Waals surface area contributed by atoms with Crippen molar-refractivity contribution >= 4 is 18.3 Å². The number of rotatable bonds is 5. The van der Waals surface area contributed by atoms with Crippen molar-refractivity contribution in [2.24, 2.45) is 5.73 Å². The molecule has 0 saturated carbocycles. The number of benzene rings is 1. The van der Waals surface area contributed by atoms with E-state index in [9.17, 15) is 4.79 Å². The number of nitrogens with two attached hydrogens (primary N) is 1. The van der Waals surface area contributed by atoms with Gasteiger partial charge in [-0.25, -0.2) is 0 Å². The van der Waals surface area contributed by atoms with Crippen LogP contribution in [0, 0.1) is 0 Å². The van der Waals surface area contributed by atoms with Crippen LogP contribution in [0.4, 0.5) is 0 Å². The summed E-state index contributed by atoms with van der Waals surface area (Å²) in [5.41, 5.74) is 6.75. The lowest BCUT2D eigenvalue weighted by Gasteiger charge is -2.06. The number of hydrogen-bond donors (Lipinski definition) is 2. The minimum absolute atomic E-state index is 0. The summed E-state index contributed by atoms with van der Waals surface area (Å²) in [6.07, 6.45) is 1.26. The van der Waals surface area contributed by atoms with Gasteiger partial charge in [0.05, 0.1) is 0 Å². The van der Waals surface area contributed by atoms with Gasteiger partial charge in [-0.15, -0.1) is 12.4 Å². The quantitative estimate of drug-likeness (QED) is 0.822. The summed E-state index contributed by atoms with van der Waals surface area (Å²) in [6, 6.07) is 10.0. The second-order valence-electron chi connectivity index (χ2n) is 3.77. The Morgan fingerprint density at radius 2 is 2.00 bits per heavy atom. The lowest BCUT2D eigenvalue weighted by molar-refractivity contribution is -0.121. The first-order valence-electron chi connectivity index (χ1n) is 5.24. The molecule has 3 N–H and O–H groups in total. The highest BCUT2D eigenvalue weighted by atomic mass is 35.5. The summed E-state index contributed by atoms with van der Waals surface area (Å²) >= 11 is 0. The molecule has 0 spiro atoms. The Hall–Kier alpha value is -1.06. The van der Waals surface area contributed by atoms with E-state index in [-0.39, 0.29) is 24.4 Å². The molecule has 0 aliphatic rings. The molecule has 90 valence electrons. The van der Waals surface area contributed by atoms with Crippen LogP contribution < -0.4 is 11.1 Å². The van der Waals surface area contributed by atoms with Gasteiger partial charge in [-0.2, -0.15) is 0 Å². The van der Waals surface area contributed by atoms with Crippen LogP contribution in [0.2, 0.25) is 0 Å². The molecule has 0 aliphatic heterocycles. The second-order valence-corrected chi connectivity index (χ2v) is 3.77. The predicted octanol–water partition coefficient (Wildman–Crippen LogP) is 1.50. The van der Waals surface area contributed by atoms with Gasteiger partial charge >= 0.3 is 0 Å². The third-order valence-electron chi connectivity index (χ3n) is 2.09. The minimum atomic E-state index is -0.0678. The van der Waals surface area contributed by atoms with E-state index in [1.165, 1.54) is 5.56 Å². The number of nitrogens with one attached hydrogen (secondary N) is 1. The predicted molar refractivity (Wildman–Crippen MR) is 68.7 cm³/mol. The summed E-state index contributed by atoms with van der Waals surface area (Å²) in [5.74, 6) is 0.0286. The molecule has 0 saturated heterocycles. The summed E-state index contributed by atoms with van der Waals surface area (Å²) in [7, 11) is 0. The standard InChI is InChI=1S/C12H18N2O.ClH/c1-10(13)9-12(15)14-8-7-11-5-3-2-4-6-11;/h2-6,10H,7-9,13H2,1H3,(H,14,15);1H. The van der Waals surface area contributed by atoms with Crippen LogP contribution in [0.15, 0.2) is 30.3 Å². The highest BCUT2D eigenvalue weighted by Gasteiger charge is 2.03. The molecule has 0 bridgehead atoms. The molecule has 16 heavy (non-hydrogen) atoms. The van der Waals surface area contributed by atoms with Gasteiger partial charge in [-0.3, -0.25) is 4.79 Å². The van der Waals surface area contributed by atoms with Gasteiger partial charge in [0.25, 0.3) is 0 Å². The molecule has 0 radical (unpaired) electrons. The monoisotopic (exact) mass is 242 g/mol. The average Bonchev–Trinajstić information content (AvgIpc) is 2.18. The number of carbonyl (C=O) groups is 1. The van der Waals surface area contributed by atoms with E-state index in [2.05, 4.69) is 17.4 Å². The Labute approximate surface area is 103 Å². The molecule has 1 unspecified atom stereocenters. The van der Waals surface area contributed by atoms with E-state index in [1.54, 1.807) is 0 Å². The van der Waals surface area contributed by atoms with Crippen LogP contribution in [-0.2, 0) is 11.2 Å². The topological polar surface area (TPSA) is 55.1 Å². The van der Waals surface area contributed by atoms with Gasteiger partial charge in [0.15, 0.2) is 0 Å². The lowest BCUT2D eigenvalue weighted by atomic mass is 10.1. The van der Waals surface area contributed by atoms with Gasteiger partial charge in [-0.05, 0) is 18.9 Å². The Morgan fingerprint density at radius 1 is 1.38 bits per heavy atom. The van der Waals surface area contributed by atoms with E-state index in [4.69, 9.17) is 5.73 Å². The largest absolute Gasteiger partial charge is 0.356 e. The van der Waals surface area contributed by atoms with E-state index in [0.29, 0.717) is 13.0 Å². The van der Waals surface area contributed by atoms with E-state index in [1.807, 2.05) is 25.1 Å². The third kappa shape index (κ3) is 6.43. The molecule has 1 atom stereocenters. The van der Waals surface area contributed by atoms with Gasteiger partial charge in [0.2, 0.25) is 5.91 Å². The normalized spacial score (nSPS) is 11.4. The summed E-state index contributed by atoms with van der Waals surface area (Å²) in [4.78, 5) is 11.3. The van der Waals surface area contributed by atoms with Crippen molar-refractivity contribution in [2.75, 3.05) is 6.54 Å². The fourth-order valence-electron chi connectivity index (χ4n) is 1.36. The van der Waals surface area contributed by atoms with E-state index in [0.717, 1.165) is 6.42 Å². The van der Waals surface area contributed by atoms with Crippen LogP contribution in [-0.4, -0.2) is 18.5 Å². The summed E-state index contributed by atoms with van der Waals surface area (Å²) in [5, 5.41) is 2.84. The maximum Gasteiger partial charge on any atom is 0.221 e. The van der Waals surface area contributed by atoms with Crippen molar-refractivity contribution in [3.8, 4) is 0 Å². The van der Waals surface area contributed by atoms with Gasteiger partial charge in [0.1, 0.15) is 0 Å². The zero-order valence-corrected chi connectivity index (χ0v) is 10.3. The minimum Gasteiger partial charge on any atom is -0.356 e. The first kappa shape index (κ1) is 14.9. The third-order valence-corrected chi connectivity index (χ3v) is 2.09. The number of halogens is 1. The molecule has 1 aromatic rings. The molecule has 1 rings (SSSR count). The van der Waals surface area contributed by atoms with Crippen molar-refractivity contribution in [3.05, 3.63) is 35.9 Å². The van der Waals surface area contributed by atoms with Crippen molar-refractivity contribution in [1.82, 2.24) is 5.32 Å². The fraction of sp³-hybridized carbons (Fsp3) is 0.417. The van der Waals surface area contributed by atoms with Crippen molar-refractivity contribution in [3.63, 3.8) is 0 Å².